The first-order valence-corrected chi connectivity index (χ1v) is 5.81. The second-order valence-corrected chi connectivity index (χ2v) is 4.45. The van der Waals surface area contributed by atoms with Gasteiger partial charge in [0.2, 0.25) is 0 Å². The summed E-state index contributed by atoms with van der Waals surface area (Å²) in [7, 11) is 1.84. The second kappa shape index (κ2) is 5.00. The van der Waals surface area contributed by atoms with Crippen molar-refractivity contribution in [1.82, 2.24) is 19.6 Å². The Morgan fingerprint density at radius 1 is 1.28 bits per heavy atom. The van der Waals surface area contributed by atoms with Crippen molar-refractivity contribution in [3.05, 3.63) is 42.0 Å². The fourth-order valence-electron chi connectivity index (χ4n) is 1.54. The number of carbonyl (C=O) groups is 1. The Balaban J connectivity index is 2.09. The fraction of sp³-hybridized carbons (Fsp3) is 0.308. The number of hydrogen-bond donors (Lipinski definition) is 0. The van der Waals surface area contributed by atoms with E-state index in [2.05, 4.69) is 10.2 Å². The quantitative estimate of drug-likeness (QED) is 0.611. The third-order valence-corrected chi connectivity index (χ3v) is 2.57. The summed E-state index contributed by atoms with van der Waals surface area (Å²) in [5.41, 5.74) is 1.51. The van der Waals surface area contributed by atoms with Crippen LogP contribution in [0.5, 0.6) is 0 Å². The molecule has 0 radical (unpaired) electrons. The van der Waals surface area contributed by atoms with E-state index in [4.69, 9.17) is 0 Å². The van der Waals surface area contributed by atoms with Gasteiger partial charge in [0, 0.05) is 31.0 Å². The van der Waals surface area contributed by atoms with E-state index in [9.17, 15) is 4.79 Å². The average molecular weight is 244 g/mol. The molecule has 0 saturated carbocycles. The summed E-state index contributed by atoms with van der Waals surface area (Å²) in [6.45, 7) is 4.04. The van der Waals surface area contributed by atoms with Crippen molar-refractivity contribution in [3.63, 3.8) is 0 Å². The molecule has 0 aliphatic carbocycles. The van der Waals surface area contributed by atoms with Gasteiger partial charge in [0.15, 0.2) is 5.78 Å². The van der Waals surface area contributed by atoms with Crippen LogP contribution in [0.2, 0.25) is 0 Å². The Morgan fingerprint density at radius 3 is 2.61 bits per heavy atom. The van der Waals surface area contributed by atoms with Gasteiger partial charge >= 0.3 is 0 Å². The highest BCUT2D eigenvalue weighted by Crippen LogP contribution is 2.08. The van der Waals surface area contributed by atoms with Crippen LogP contribution in [0.15, 0.2) is 30.9 Å². The number of carbonyl (C=O) groups excluding carboxylic acids is 1. The lowest BCUT2D eigenvalue weighted by molar-refractivity contribution is 0.104. The van der Waals surface area contributed by atoms with Crippen LogP contribution in [0.3, 0.4) is 0 Å². The van der Waals surface area contributed by atoms with Crippen LogP contribution < -0.4 is 0 Å². The van der Waals surface area contributed by atoms with Gasteiger partial charge in [-0.1, -0.05) is 0 Å². The van der Waals surface area contributed by atoms with Crippen LogP contribution in [0.25, 0.3) is 6.08 Å². The van der Waals surface area contributed by atoms with Gasteiger partial charge in [0.05, 0.1) is 18.0 Å². The SMILES string of the molecule is CC(C)n1cc(C(=O)/C=C/c2cnn(C)c2)cn1. The zero-order chi connectivity index (χ0) is 13.1. The van der Waals surface area contributed by atoms with Gasteiger partial charge in [0.25, 0.3) is 0 Å². The highest BCUT2D eigenvalue weighted by Gasteiger charge is 2.07. The highest BCUT2D eigenvalue weighted by molar-refractivity contribution is 6.06. The normalized spacial score (nSPS) is 11.6. The summed E-state index contributed by atoms with van der Waals surface area (Å²) in [6, 6.07) is 0.258. The molecule has 18 heavy (non-hydrogen) atoms. The molecule has 0 spiro atoms. The zero-order valence-corrected chi connectivity index (χ0v) is 10.7. The van der Waals surface area contributed by atoms with Gasteiger partial charge in [-0.3, -0.25) is 14.2 Å². The van der Waals surface area contributed by atoms with Crippen molar-refractivity contribution in [3.8, 4) is 0 Å². The molecule has 0 aliphatic heterocycles. The monoisotopic (exact) mass is 244 g/mol. The minimum absolute atomic E-state index is 0.0502. The fourth-order valence-corrected chi connectivity index (χ4v) is 1.54. The predicted octanol–water partition coefficient (Wildman–Crippen LogP) is 2.09. The molecule has 0 atom stereocenters. The van der Waals surface area contributed by atoms with Crippen molar-refractivity contribution < 1.29 is 4.79 Å². The minimum atomic E-state index is -0.0502. The third-order valence-electron chi connectivity index (χ3n) is 2.57. The number of allylic oxidation sites excluding steroid dienone is 1. The molecule has 0 N–H and O–H groups in total. The van der Waals surface area contributed by atoms with Gasteiger partial charge < -0.3 is 0 Å². The van der Waals surface area contributed by atoms with Gasteiger partial charge in [-0.25, -0.2) is 0 Å². The lowest BCUT2D eigenvalue weighted by Gasteiger charge is -2.02. The molecule has 0 amide bonds. The van der Waals surface area contributed by atoms with Gasteiger partial charge in [0.1, 0.15) is 0 Å². The number of ketones is 1. The molecular formula is C13H16N4O. The van der Waals surface area contributed by atoms with Crippen molar-refractivity contribution >= 4 is 11.9 Å². The number of rotatable bonds is 4. The first-order valence-electron chi connectivity index (χ1n) is 5.81. The van der Waals surface area contributed by atoms with Crippen LogP contribution in [-0.2, 0) is 7.05 Å². The molecule has 2 heterocycles. The van der Waals surface area contributed by atoms with E-state index in [1.165, 1.54) is 0 Å². The second-order valence-electron chi connectivity index (χ2n) is 4.45. The molecule has 0 aliphatic rings. The molecule has 94 valence electrons. The van der Waals surface area contributed by atoms with Crippen LogP contribution in [0.1, 0.15) is 35.8 Å². The molecule has 2 aromatic heterocycles. The molecule has 2 rings (SSSR count). The van der Waals surface area contributed by atoms with E-state index >= 15 is 0 Å². The topological polar surface area (TPSA) is 52.7 Å². The summed E-state index contributed by atoms with van der Waals surface area (Å²) >= 11 is 0. The summed E-state index contributed by atoms with van der Waals surface area (Å²) in [6.07, 6.45) is 10.2. The number of aryl methyl sites for hydroxylation is 1. The summed E-state index contributed by atoms with van der Waals surface area (Å²) in [4.78, 5) is 11.9. The smallest absolute Gasteiger partial charge is 0.189 e. The van der Waals surface area contributed by atoms with E-state index in [0.717, 1.165) is 5.56 Å². The Hall–Kier alpha value is -2.17. The van der Waals surface area contributed by atoms with E-state index in [1.54, 1.807) is 40.1 Å². The summed E-state index contributed by atoms with van der Waals surface area (Å²) < 4.78 is 3.46. The largest absolute Gasteiger partial charge is 0.289 e. The minimum Gasteiger partial charge on any atom is -0.289 e. The lowest BCUT2D eigenvalue weighted by atomic mass is 10.2. The van der Waals surface area contributed by atoms with Crippen LogP contribution in [-0.4, -0.2) is 25.3 Å². The standard InChI is InChI=1S/C13H16N4O/c1-10(2)17-9-12(7-15-17)13(18)5-4-11-6-14-16(3)8-11/h4-10H,1-3H3/b5-4+. The maximum Gasteiger partial charge on any atom is 0.189 e. The van der Waals surface area contributed by atoms with Crippen LogP contribution in [0, 0.1) is 0 Å². The highest BCUT2D eigenvalue weighted by atomic mass is 16.1. The van der Waals surface area contributed by atoms with E-state index < -0.39 is 0 Å². The Kier molecular flexibility index (Phi) is 3.41. The van der Waals surface area contributed by atoms with Gasteiger partial charge in [-0.15, -0.1) is 0 Å². The molecule has 0 saturated heterocycles. The molecular weight excluding hydrogens is 228 g/mol. The molecule has 2 aromatic rings. The first-order chi connectivity index (χ1) is 8.56. The van der Waals surface area contributed by atoms with Crippen molar-refractivity contribution in [2.75, 3.05) is 0 Å². The van der Waals surface area contributed by atoms with Crippen molar-refractivity contribution in [2.24, 2.45) is 7.05 Å². The Morgan fingerprint density at radius 2 is 2.06 bits per heavy atom. The van der Waals surface area contributed by atoms with Crippen molar-refractivity contribution in [1.29, 1.82) is 0 Å². The third kappa shape index (κ3) is 2.74. The van der Waals surface area contributed by atoms with Gasteiger partial charge in [-0.2, -0.15) is 10.2 Å². The summed E-state index contributed by atoms with van der Waals surface area (Å²) in [5, 5.41) is 8.17. The molecule has 0 unspecified atom stereocenters. The molecule has 5 heteroatoms. The number of nitrogens with zero attached hydrogens (tertiary/aromatic N) is 4. The average Bonchev–Trinajstić information content (AvgIpc) is 2.94. The van der Waals surface area contributed by atoms with E-state index in [1.807, 2.05) is 27.1 Å². The predicted molar refractivity (Wildman–Crippen MR) is 69.2 cm³/mol. The maximum absolute atomic E-state index is 11.9. The summed E-state index contributed by atoms with van der Waals surface area (Å²) in [5.74, 6) is -0.0502. The van der Waals surface area contributed by atoms with Crippen molar-refractivity contribution in [2.45, 2.75) is 19.9 Å². The number of aromatic nitrogens is 4. The van der Waals surface area contributed by atoms with E-state index in [-0.39, 0.29) is 11.8 Å². The lowest BCUT2D eigenvalue weighted by Crippen LogP contribution is -2.00. The Bertz CT molecular complexity index is 577. The molecule has 5 nitrogen and oxygen atoms in total. The molecule has 0 aromatic carbocycles. The maximum atomic E-state index is 11.9. The van der Waals surface area contributed by atoms with Gasteiger partial charge in [-0.05, 0) is 26.0 Å². The van der Waals surface area contributed by atoms with E-state index in [0.29, 0.717) is 5.56 Å². The first kappa shape index (κ1) is 12.3. The Labute approximate surface area is 106 Å². The molecule has 0 bridgehead atoms. The van der Waals surface area contributed by atoms with Crippen LogP contribution >= 0.6 is 0 Å². The number of hydrogen-bond acceptors (Lipinski definition) is 3. The zero-order valence-electron chi connectivity index (χ0n) is 10.7. The molecule has 0 fully saturated rings. The van der Waals surface area contributed by atoms with Crippen LogP contribution in [0.4, 0.5) is 0 Å².